The molecule has 7 nitrogen and oxygen atoms in total. The van der Waals surface area contributed by atoms with Gasteiger partial charge in [0.1, 0.15) is 28.7 Å². The maximum Gasteiger partial charge on any atom is 0.339 e. The molecule has 0 radical (unpaired) electrons. The fourth-order valence-corrected chi connectivity index (χ4v) is 3.02. The molecule has 8 heteroatoms. The van der Waals surface area contributed by atoms with E-state index in [-0.39, 0.29) is 24.0 Å². The first-order chi connectivity index (χ1) is 14.2. The minimum absolute atomic E-state index is 0.0430. The predicted molar refractivity (Wildman–Crippen MR) is 114 cm³/mol. The van der Waals surface area contributed by atoms with Crippen LogP contribution in [0.25, 0.3) is 11.1 Å². The molecule has 1 aromatic heterocycles. The second-order valence-electron chi connectivity index (χ2n) is 6.91. The Hall–Kier alpha value is -3.45. The first-order valence-corrected chi connectivity index (χ1v) is 9.52. The van der Waals surface area contributed by atoms with Crippen LogP contribution >= 0.6 is 11.6 Å². The number of ether oxygens (including phenoxy) is 2. The van der Waals surface area contributed by atoms with Crippen molar-refractivity contribution in [3.8, 4) is 28.5 Å². The molecule has 0 saturated carbocycles. The van der Waals surface area contributed by atoms with E-state index in [9.17, 15) is 9.90 Å². The highest BCUT2D eigenvalue weighted by Gasteiger charge is 2.12. The van der Waals surface area contributed by atoms with E-state index in [2.05, 4.69) is 4.98 Å². The number of nitrogens with two attached hydrogens (primary N) is 1. The molecular formula is C22H21ClN2O5. The number of benzene rings is 2. The van der Waals surface area contributed by atoms with Gasteiger partial charge in [-0.25, -0.2) is 9.78 Å². The third-order valence-electron chi connectivity index (χ3n) is 4.11. The van der Waals surface area contributed by atoms with E-state index in [4.69, 9.17) is 31.9 Å². The Kier molecular flexibility index (Phi) is 6.32. The van der Waals surface area contributed by atoms with Crippen LogP contribution in [0.5, 0.6) is 17.4 Å². The lowest BCUT2D eigenvalue weighted by Gasteiger charge is -2.13. The average molecular weight is 429 g/mol. The van der Waals surface area contributed by atoms with E-state index in [1.54, 1.807) is 24.4 Å². The number of nitrogen functional groups attached to an aromatic ring is 1. The average Bonchev–Trinajstić information content (AvgIpc) is 2.68. The summed E-state index contributed by atoms with van der Waals surface area (Å²) in [5, 5.41) is 19.1. The van der Waals surface area contributed by atoms with Crippen molar-refractivity contribution in [2.75, 3.05) is 5.73 Å². The molecule has 2 aromatic carbocycles. The van der Waals surface area contributed by atoms with Crippen LogP contribution in [0, 0.1) is 0 Å². The summed E-state index contributed by atoms with van der Waals surface area (Å²) < 4.78 is 11.2. The topological polar surface area (TPSA) is 115 Å². The molecule has 3 aromatic rings. The maximum absolute atomic E-state index is 11.1. The van der Waals surface area contributed by atoms with E-state index in [0.29, 0.717) is 22.3 Å². The summed E-state index contributed by atoms with van der Waals surface area (Å²) in [5.74, 6) is -0.882. The molecule has 0 amide bonds. The summed E-state index contributed by atoms with van der Waals surface area (Å²) >= 11 is 6.29. The van der Waals surface area contributed by atoms with E-state index < -0.39 is 5.97 Å². The minimum atomic E-state index is -1.24. The first-order valence-electron chi connectivity index (χ1n) is 9.14. The van der Waals surface area contributed by atoms with Crippen molar-refractivity contribution in [3.63, 3.8) is 0 Å². The lowest BCUT2D eigenvalue weighted by molar-refractivity contribution is 0.0693. The zero-order valence-corrected chi connectivity index (χ0v) is 17.2. The van der Waals surface area contributed by atoms with Gasteiger partial charge in [0.05, 0.1) is 6.10 Å². The van der Waals surface area contributed by atoms with Gasteiger partial charge in [-0.15, -0.1) is 0 Å². The zero-order valence-electron chi connectivity index (χ0n) is 16.4. The highest BCUT2D eigenvalue weighted by molar-refractivity contribution is 6.32. The number of nitrogens with zero attached hydrogens (tertiary/aromatic N) is 1. The normalized spacial score (nSPS) is 10.8. The lowest BCUT2D eigenvalue weighted by Crippen LogP contribution is -2.07. The van der Waals surface area contributed by atoms with Gasteiger partial charge < -0.3 is 25.4 Å². The summed E-state index contributed by atoms with van der Waals surface area (Å²) in [5.41, 5.74) is 8.68. The quantitative estimate of drug-likeness (QED) is 0.465. The lowest BCUT2D eigenvalue weighted by atomic mass is 10.0. The van der Waals surface area contributed by atoms with Gasteiger partial charge in [0, 0.05) is 17.4 Å². The molecule has 0 saturated heterocycles. The first kappa shape index (κ1) is 21.3. The smallest absolute Gasteiger partial charge is 0.339 e. The van der Waals surface area contributed by atoms with Crippen LogP contribution in [0.15, 0.2) is 48.7 Å². The van der Waals surface area contributed by atoms with E-state index in [1.165, 1.54) is 18.2 Å². The third-order valence-corrected chi connectivity index (χ3v) is 4.38. The molecule has 0 unspecified atom stereocenters. The van der Waals surface area contributed by atoms with Crippen LogP contribution in [0.4, 0.5) is 5.69 Å². The molecule has 0 aliphatic carbocycles. The number of carbonyl (C=O) groups is 1. The molecule has 0 aliphatic heterocycles. The van der Waals surface area contributed by atoms with Crippen molar-refractivity contribution in [2.24, 2.45) is 0 Å². The van der Waals surface area contributed by atoms with Crippen LogP contribution < -0.4 is 15.2 Å². The van der Waals surface area contributed by atoms with Crippen molar-refractivity contribution in [1.29, 1.82) is 0 Å². The molecule has 0 aliphatic rings. The standard InChI is InChI=1S/C22H21ClN2O5/c1-12(2)30-21-19(23)8-15(10-25-21)14-5-13(6-16(24)7-14)11-29-17-3-4-20(26)18(9-17)22(27)28/h3-10,12,26H,11,24H2,1-2H3,(H,27,28). The van der Waals surface area contributed by atoms with Crippen molar-refractivity contribution < 1.29 is 24.5 Å². The molecule has 1 heterocycles. The van der Waals surface area contributed by atoms with Crippen LogP contribution in [0.2, 0.25) is 5.02 Å². The SMILES string of the molecule is CC(C)Oc1ncc(-c2cc(N)cc(COc3ccc(O)c(C(=O)O)c3)c2)cc1Cl. The number of hydrogen-bond donors (Lipinski definition) is 3. The number of halogens is 1. The summed E-state index contributed by atoms with van der Waals surface area (Å²) in [6.45, 7) is 3.94. The Balaban J connectivity index is 1.81. The molecule has 0 spiro atoms. The van der Waals surface area contributed by atoms with Gasteiger partial charge in [0.25, 0.3) is 0 Å². The Morgan fingerprint density at radius 1 is 1.17 bits per heavy atom. The molecule has 0 bridgehead atoms. The number of carboxylic acids is 1. The Bertz CT molecular complexity index is 1090. The van der Waals surface area contributed by atoms with Crippen LogP contribution in [0.1, 0.15) is 29.8 Å². The van der Waals surface area contributed by atoms with Gasteiger partial charge in [-0.05, 0) is 67.4 Å². The molecule has 30 heavy (non-hydrogen) atoms. The minimum Gasteiger partial charge on any atom is -0.507 e. The number of pyridine rings is 1. The fourth-order valence-electron chi connectivity index (χ4n) is 2.80. The second kappa shape index (κ2) is 8.92. The summed E-state index contributed by atoms with van der Waals surface area (Å²) in [4.78, 5) is 15.4. The second-order valence-corrected chi connectivity index (χ2v) is 7.32. The number of carboxylic acid groups (broad SMARTS) is 1. The fraction of sp³-hybridized carbons (Fsp3) is 0.182. The molecular weight excluding hydrogens is 408 g/mol. The number of hydrogen-bond acceptors (Lipinski definition) is 6. The monoisotopic (exact) mass is 428 g/mol. The Morgan fingerprint density at radius 3 is 2.60 bits per heavy atom. The zero-order chi connectivity index (χ0) is 21.8. The van der Waals surface area contributed by atoms with Gasteiger partial charge in [-0.3, -0.25) is 0 Å². The van der Waals surface area contributed by atoms with Gasteiger partial charge in [-0.1, -0.05) is 11.6 Å². The van der Waals surface area contributed by atoms with E-state index in [1.807, 2.05) is 19.9 Å². The van der Waals surface area contributed by atoms with Gasteiger partial charge in [-0.2, -0.15) is 0 Å². The molecule has 4 N–H and O–H groups in total. The van der Waals surface area contributed by atoms with Crippen molar-refractivity contribution >= 4 is 23.3 Å². The molecule has 156 valence electrons. The summed E-state index contributed by atoms with van der Waals surface area (Å²) in [6.07, 6.45) is 1.61. The van der Waals surface area contributed by atoms with E-state index in [0.717, 1.165) is 16.7 Å². The largest absolute Gasteiger partial charge is 0.507 e. The number of aromatic hydroxyl groups is 1. The highest BCUT2D eigenvalue weighted by atomic mass is 35.5. The van der Waals surface area contributed by atoms with Crippen LogP contribution in [0.3, 0.4) is 0 Å². The van der Waals surface area contributed by atoms with Crippen LogP contribution in [-0.4, -0.2) is 27.3 Å². The van der Waals surface area contributed by atoms with Crippen LogP contribution in [-0.2, 0) is 6.61 Å². The third kappa shape index (κ3) is 5.12. The molecule has 3 rings (SSSR count). The highest BCUT2D eigenvalue weighted by Crippen LogP contribution is 2.31. The van der Waals surface area contributed by atoms with Crippen molar-refractivity contribution in [3.05, 3.63) is 64.8 Å². The number of aromatic carboxylic acids is 1. The number of anilines is 1. The number of rotatable bonds is 7. The van der Waals surface area contributed by atoms with Gasteiger partial charge >= 0.3 is 5.97 Å². The van der Waals surface area contributed by atoms with E-state index >= 15 is 0 Å². The molecule has 0 fully saturated rings. The maximum atomic E-state index is 11.1. The summed E-state index contributed by atoms with van der Waals surface area (Å²) in [7, 11) is 0. The molecule has 0 atom stereocenters. The Morgan fingerprint density at radius 2 is 1.93 bits per heavy atom. The van der Waals surface area contributed by atoms with Gasteiger partial charge in [0.15, 0.2) is 0 Å². The summed E-state index contributed by atoms with van der Waals surface area (Å²) in [6, 6.07) is 11.2. The van der Waals surface area contributed by atoms with Crippen molar-refractivity contribution in [1.82, 2.24) is 4.98 Å². The van der Waals surface area contributed by atoms with Gasteiger partial charge in [0.2, 0.25) is 5.88 Å². The predicted octanol–water partition coefficient (Wildman–Crippen LogP) is 4.75. The Labute approximate surface area is 178 Å². The number of phenols is 1. The number of aromatic nitrogens is 1. The van der Waals surface area contributed by atoms with Crippen molar-refractivity contribution in [2.45, 2.75) is 26.6 Å².